The van der Waals surface area contributed by atoms with Crippen molar-refractivity contribution in [3.63, 3.8) is 0 Å². The van der Waals surface area contributed by atoms with Gasteiger partial charge in [0.25, 0.3) is 5.91 Å². The average molecular weight is 511 g/mol. The maximum atomic E-state index is 13.7. The molecule has 2 N–H and O–H groups in total. The van der Waals surface area contributed by atoms with Crippen molar-refractivity contribution in [3.05, 3.63) is 100 Å². The third kappa shape index (κ3) is 5.08. The number of fused-ring (bicyclic) bond motifs is 1. The Morgan fingerprint density at radius 3 is 2.58 bits per heavy atom. The molecule has 2 heterocycles. The van der Waals surface area contributed by atoms with E-state index in [1.165, 1.54) is 0 Å². The second-order valence-corrected chi connectivity index (χ2v) is 9.20. The van der Waals surface area contributed by atoms with Gasteiger partial charge in [0.2, 0.25) is 5.95 Å². The first-order valence-electron chi connectivity index (χ1n) is 12.5. The highest BCUT2D eigenvalue weighted by Crippen LogP contribution is 2.39. The van der Waals surface area contributed by atoms with Crippen molar-refractivity contribution in [1.82, 2.24) is 20.2 Å². The first-order chi connectivity index (χ1) is 18.4. The van der Waals surface area contributed by atoms with Crippen LogP contribution in [0.3, 0.4) is 0 Å². The molecule has 0 spiro atoms. The Morgan fingerprint density at radius 2 is 1.82 bits per heavy atom. The van der Waals surface area contributed by atoms with Gasteiger partial charge in [-0.1, -0.05) is 59.2 Å². The van der Waals surface area contributed by atoms with Gasteiger partial charge in [0, 0.05) is 11.4 Å². The first-order valence-corrected chi connectivity index (χ1v) is 12.5. The van der Waals surface area contributed by atoms with Crippen LogP contribution >= 0.6 is 0 Å². The van der Waals surface area contributed by atoms with E-state index in [0.717, 1.165) is 27.9 Å². The lowest BCUT2D eigenvalue weighted by Crippen LogP contribution is -2.31. The van der Waals surface area contributed by atoms with Crippen LogP contribution in [0.2, 0.25) is 0 Å². The molecule has 3 aromatic carbocycles. The van der Waals surface area contributed by atoms with E-state index >= 15 is 0 Å². The average Bonchev–Trinajstić information content (AvgIpc) is 3.37. The molecule has 1 atom stereocenters. The van der Waals surface area contributed by atoms with Crippen LogP contribution in [0.1, 0.15) is 42.1 Å². The second kappa shape index (κ2) is 10.8. The number of aromatic nitrogens is 4. The number of ether oxygens (including phenoxy) is 2. The molecule has 0 fully saturated rings. The van der Waals surface area contributed by atoms with Crippen LogP contribution in [0, 0.1) is 13.8 Å². The molecule has 0 aliphatic carbocycles. The van der Waals surface area contributed by atoms with Gasteiger partial charge in [-0.25, -0.2) is 0 Å². The summed E-state index contributed by atoms with van der Waals surface area (Å²) in [7, 11) is 0. The molecule has 38 heavy (non-hydrogen) atoms. The SMILES string of the molecule is CCOc1cc(C2C(C(=O)Nc3ccc(C)cc3C)=C(C)Nc3nnnn32)ccc1OCc1ccccc1. The zero-order valence-electron chi connectivity index (χ0n) is 21.9. The number of hydrogen-bond donors (Lipinski definition) is 2. The summed E-state index contributed by atoms with van der Waals surface area (Å²) < 4.78 is 13.7. The molecular formula is C29H30N6O3. The van der Waals surface area contributed by atoms with Gasteiger partial charge in [0.15, 0.2) is 11.5 Å². The predicted molar refractivity (Wildman–Crippen MR) is 145 cm³/mol. The van der Waals surface area contributed by atoms with Gasteiger partial charge < -0.3 is 20.1 Å². The van der Waals surface area contributed by atoms with E-state index in [4.69, 9.17) is 9.47 Å². The summed E-state index contributed by atoms with van der Waals surface area (Å²) in [6, 6.07) is 21.0. The second-order valence-electron chi connectivity index (χ2n) is 9.20. The minimum absolute atomic E-state index is 0.240. The number of tetrazole rings is 1. The van der Waals surface area contributed by atoms with Crippen molar-refractivity contribution >= 4 is 17.5 Å². The van der Waals surface area contributed by atoms with Gasteiger partial charge in [-0.05, 0) is 73.0 Å². The van der Waals surface area contributed by atoms with Crippen molar-refractivity contribution in [3.8, 4) is 11.5 Å². The van der Waals surface area contributed by atoms with Gasteiger partial charge in [0.1, 0.15) is 12.6 Å². The van der Waals surface area contributed by atoms with Crippen molar-refractivity contribution in [2.24, 2.45) is 0 Å². The van der Waals surface area contributed by atoms with E-state index in [9.17, 15) is 4.79 Å². The fraction of sp³-hybridized carbons (Fsp3) is 0.241. The Morgan fingerprint density at radius 1 is 1.00 bits per heavy atom. The summed E-state index contributed by atoms with van der Waals surface area (Å²) >= 11 is 0. The molecule has 4 aromatic rings. The number of carbonyl (C=O) groups is 1. The van der Waals surface area contributed by atoms with Gasteiger partial charge in [-0.2, -0.15) is 4.68 Å². The van der Waals surface area contributed by atoms with Crippen LogP contribution < -0.4 is 20.1 Å². The highest BCUT2D eigenvalue weighted by molar-refractivity contribution is 6.06. The monoisotopic (exact) mass is 510 g/mol. The Balaban J connectivity index is 1.50. The largest absolute Gasteiger partial charge is 0.490 e. The summed E-state index contributed by atoms with van der Waals surface area (Å²) in [6.07, 6.45) is 0. The number of nitrogens with one attached hydrogen (secondary N) is 2. The van der Waals surface area contributed by atoms with Crippen LogP contribution in [0.4, 0.5) is 11.6 Å². The van der Waals surface area contributed by atoms with Crippen molar-refractivity contribution in [2.45, 2.75) is 40.3 Å². The number of nitrogens with zero attached hydrogens (tertiary/aromatic N) is 4. The lowest BCUT2D eigenvalue weighted by molar-refractivity contribution is -0.113. The zero-order valence-corrected chi connectivity index (χ0v) is 21.9. The fourth-order valence-electron chi connectivity index (χ4n) is 4.58. The molecule has 0 radical (unpaired) electrons. The summed E-state index contributed by atoms with van der Waals surface area (Å²) in [6.45, 7) is 8.64. The molecule has 1 unspecified atom stereocenters. The van der Waals surface area contributed by atoms with E-state index in [1.807, 2.05) is 94.4 Å². The highest BCUT2D eigenvalue weighted by atomic mass is 16.5. The van der Waals surface area contributed by atoms with Crippen molar-refractivity contribution in [1.29, 1.82) is 0 Å². The molecule has 1 aliphatic rings. The Hall–Kier alpha value is -4.66. The van der Waals surface area contributed by atoms with E-state index in [0.29, 0.717) is 41.9 Å². The molecule has 1 amide bonds. The number of amides is 1. The zero-order chi connectivity index (χ0) is 26.6. The standard InChI is InChI=1S/C29H30N6O3/c1-5-37-25-16-22(12-14-24(25)38-17-21-9-7-6-8-10-21)27-26(20(4)30-29-32-33-34-35(27)29)28(36)31-23-13-11-18(2)15-19(23)3/h6-16,27H,5,17H2,1-4H3,(H,31,36)(H,30,32,34). The first kappa shape index (κ1) is 25.0. The molecule has 9 nitrogen and oxygen atoms in total. The van der Waals surface area contributed by atoms with E-state index in [2.05, 4.69) is 26.2 Å². The Labute approximate surface area is 221 Å². The number of carbonyl (C=O) groups excluding carboxylic acids is 1. The number of allylic oxidation sites excluding steroid dienone is 1. The molecule has 1 aromatic heterocycles. The van der Waals surface area contributed by atoms with Crippen molar-refractivity contribution in [2.75, 3.05) is 17.2 Å². The van der Waals surface area contributed by atoms with Crippen LogP contribution in [0.5, 0.6) is 11.5 Å². The summed E-state index contributed by atoms with van der Waals surface area (Å²) in [5.41, 5.74) is 5.89. The number of rotatable bonds is 8. The summed E-state index contributed by atoms with van der Waals surface area (Å²) in [5, 5.41) is 18.4. The maximum absolute atomic E-state index is 13.7. The molecular weight excluding hydrogens is 480 g/mol. The molecule has 0 bridgehead atoms. The van der Waals surface area contributed by atoms with Crippen LogP contribution in [-0.2, 0) is 11.4 Å². The normalized spacial score (nSPS) is 14.5. The number of anilines is 2. The quantitative estimate of drug-likeness (QED) is 0.336. The summed E-state index contributed by atoms with van der Waals surface area (Å²) in [4.78, 5) is 13.7. The molecule has 0 saturated carbocycles. The molecule has 1 aliphatic heterocycles. The van der Waals surface area contributed by atoms with E-state index in [-0.39, 0.29) is 5.91 Å². The van der Waals surface area contributed by atoms with E-state index in [1.54, 1.807) is 4.68 Å². The topological polar surface area (TPSA) is 103 Å². The smallest absolute Gasteiger partial charge is 0.255 e. The summed E-state index contributed by atoms with van der Waals surface area (Å²) in [5.74, 6) is 1.42. The minimum Gasteiger partial charge on any atom is -0.490 e. The van der Waals surface area contributed by atoms with Gasteiger partial charge >= 0.3 is 0 Å². The number of benzene rings is 3. The molecule has 5 rings (SSSR count). The third-order valence-electron chi connectivity index (χ3n) is 6.41. The lowest BCUT2D eigenvalue weighted by Gasteiger charge is -2.28. The minimum atomic E-state index is -0.575. The highest BCUT2D eigenvalue weighted by Gasteiger charge is 2.34. The van der Waals surface area contributed by atoms with Gasteiger partial charge in [-0.3, -0.25) is 4.79 Å². The van der Waals surface area contributed by atoms with Crippen molar-refractivity contribution < 1.29 is 14.3 Å². The van der Waals surface area contributed by atoms with Crippen LogP contribution in [-0.4, -0.2) is 32.7 Å². The Kier molecular flexibility index (Phi) is 7.08. The molecule has 9 heteroatoms. The fourth-order valence-corrected chi connectivity index (χ4v) is 4.58. The van der Waals surface area contributed by atoms with Gasteiger partial charge in [0.05, 0.1) is 12.2 Å². The van der Waals surface area contributed by atoms with E-state index < -0.39 is 6.04 Å². The van der Waals surface area contributed by atoms with Crippen LogP contribution in [0.25, 0.3) is 0 Å². The van der Waals surface area contributed by atoms with Gasteiger partial charge in [-0.15, -0.1) is 0 Å². The third-order valence-corrected chi connectivity index (χ3v) is 6.41. The maximum Gasteiger partial charge on any atom is 0.255 e. The Bertz CT molecular complexity index is 1500. The molecule has 0 saturated heterocycles. The molecule has 194 valence electrons. The predicted octanol–water partition coefficient (Wildman–Crippen LogP) is 5.20. The number of hydrogen-bond acceptors (Lipinski definition) is 7. The lowest BCUT2D eigenvalue weighted by atomic mass is 9.94. The van der Waals surface area contributed by atoms with Crippen LogP contribution in [0.15, 0.2) is 78.0 Å². The number of aryl methyl sites for hydroxylation is 2.